The van der Waals surface area contributed by atoms with Gasteiger partial charge in [-0.25, -0.2) is 4.79 Å². The van der Waals surface area contributed by atoms with Gasteiger partial charge in [0, 0.05) is 0 Å². The average molecular weight is 297 g/mol. The van der Waals surface area contributed by atoms with Gasteiger partial charge in [-0.2, -0.15) is 0 Å². The van der Waals surface area contributed by atoms with E-state index in [0.717, 1.165) is 16.3 Å². The molecule has 1 amide bonds. The minimum atomic E-state index is -0.512. The van der Waals surface area contributed by atoms with Crippen LogP contribution in [0.2, 0.25) is 0 Å². The Balaban J connectivity index is 2.30. The molecule has 0 aliphatic carbocycles. The lowest BCUT2D eigenvalue weighted by Gasteiger charge is -2.24. The number of benzene rings is 2. The van der Waals surface area contributed by atoms with Crippen LogP contribution in [0.25, 0.3) is 10.8 Å². The van der Waals surface area contributed by atoms with Crippen molar-refractivity contribution < 1.29 is 9.53 Å². The summed E-state index contributed by atoms with van der Waals surface area (Å²) >= 11 is 0. The standard InChI is InChI=1S/C19H23NO2/c1-5-9-17(20-18(21)22-19(2,3)4)16-13-8-11-14-10-6-7-12-15(14)16/h5-8,10-13,17H,1,9H2,2-4H3,(H,20,21)/t17-/m1/s1. The van der Waals surface area contributed by atoms with Crippen molar-refractivity contribution in [3.63, 3.8) is 0 Å². The fourth-order valence-electron chi connectivity index (χ4n) is 2.43. The van der Waals surface area contributed by atoms with E-state index >= 15 is 0 Å². The smallest absolute Gasteiger partial charge is 0.408 e. The van der Waals surface area contributed by atoms with Gasteiger partial charge >= 0.3 is 6.09 Å². The number of amides is 1. The third-order valence-corrected chi connectivity index (χ3v) is 3.29. The number of carbonyl (C=O) groups excluding carboxylic acids is 1. The number of alkyl carbamates (subject to hydrolysis) is 1. The van der Waals surface area contributed by atoms with Crippen LogP contribution in [0, 0.1) is 0 Å². The van der Waals surface area contributed by atoms with Crippen molar-refractivity contribution in [2.75, 3.05) is 0 Å². The van der Waals surface area contributed by atoms with E-state index in [1.165, 1.54) is 0 Å². The number of ether oxygens (including phenoxy) is 1. The van der Waals surface area contributed by atoms with Crippen LogP contribution >= 0.6 is 0 Å². The lowest BCUT2D eigenvalue weighted by Crippen LogP contribution is -2.34. The molecule has 0 spiro atoms. The molecule has 0 fully saturated rings. The van der Waals surface area contributed by atoms with Crippen LogP contribution in [0.4, 0.5) is 4.79 Å². The summed E-state index contributed by atoms with van der Waals surface area (Å²) < 4.78 is 5.36. The van der Waals surface area contributed by atoms with E-state index in [4.69, 9.17) is 4.74 Å². The molecule has 0 unspecified atom stereocenters. The zero-order valence-corrected chi connectivity index (χ0v) is 13.4. The Bertz CT molecular complexity index is 665. The normalized spacial score (nSPS) is 12.7. The molecule has 2 aromatic carbocycles. The average Bonchev–Trinajstić information content (AvgIpc) is 2.44. The Morgan fingerprint density at radius 1 is 1.23 bits per heavy atom. The molecule has 0 radical (unpaired) electrons. The summed E-state index contributed by atoms with van der Waals surface area (Å²) in [5.41, 5.74) is 0.561. The molecule has 3 nitrogen and oxygen atoms in total. The Kier molecular flexibility index (Phi) is 4.86. The largest absolute Gasteiger partial charge is 0.444 e. The molecule has 0 aliphatic heterocycles. The molecular formula is C19H23NO2. The quantitative estimate of drug-likeness (QED) is 0.808. The highest BCUT2D eigenvalue weighted by Crippen LogP contribution is 2.27. The molecule has 22 heavy (non-hydrogen) atoms. The maximum Gasteiger partial charge on any atom is 0.408 e. The fraction of sp³-hybridized carbons (Fsp3) is 0.316. The molecule has 0 saturated carbocycles. The number of hydrogen-bond donors (Lipinski definition) is 1. The predicted molar refractivity (Wildman–Crippen MR) is 90.9 cm³/mol. The third-order valence-electron chi connectivity index (χ3n) is 3.29. The second kappa shape index (κ2) is 6.65. The van der Waals surface area contributed by atoms with E-state index in [1.807, 2.05) is 51.1 Å². The molecule has 0 aromatic heterocycles. The summed E-state index contributed by atoms with van der Waals surface area (Å²) in [6, 6.07) is 14.1. The lowest BCUT2D eigenvalue weighted by molar-refractivity contribution is 0.0504. The van der Waals surface area contributed by atoms with Crippen LogP contribution in [0.15, 0.2) is 55.1 Å². The van der Waals surface area contributed by atoms with Crippen LogP contribution in [0.5, 0.6) is 0 Å². The second-order valence-electron chi connectivity index (χ2n) is 6.29. The van der Waals surface area contributed by atoms with E-state index in [1.54, 1.807) is 0 Å². The maximum atomic E-state index is 12.1. The summed E-state index contributed by atoms with van der Waals surface area (Å²) in [6.45, 7) is 9.36. The minimum Gasteiger partial charge on any atom is -0.444 e. The molecule has 1 N–H and O–H groups in total. The second-order valence-corrected chi connectivity index (χ2v) is 6.29. The highest BCUT2D eigenvalue weighted by atomic mass is 16.6. The highest BCUT2D eigenvalue weighted by molar-refractivity contribution is 5.86. The molecule has 0 aliphatic rings. The number of nitrogens with one attached hydrogen (secondary N) is 1. The number of hydrogen-bond acceptors (Lipinski definition) is 2. The van der Waals surface area contributed by atoms with E-state index < -0.39 is 11.7 Å². The maximum absolute atomic E-state index is 12.1. The Morgan fingerprint density at radius 2 is 1.91 bits per heavy atom. The van der Waals surface area contributed by atoms with Crippen molar-refractivity contribution in [1.29, 1.82) is 0 Å². The van der Waals surface area contributed by atoms with E-state index in [9.17, 15) is 4.79 Å². The Morgan fingerprint density at radius 3 is 2.59 bits per heavy atom. The first-order valence-electron chi connectivity index (χ1n) is 7.49. The monoisotopic (exact) mass is 297 g/mol. The van der Waals surface area contributed by atoms with Crippen LogP contribution < -0.4 is 5.32 Å². The van der Waals surface area contributed by atoms with Crippen LogP contribution in [0.1, 0.15) is 38.8 Å². The first-order chi connectivity index (χ1) is 10.4. The highest BCUT2D eigenvalue weighted by Gasteiger charge is 2.20. The zero-order valence-electron chi connectivity index (χ0n) is 13.4. The summed E-state index contributed by atoms with van der Waals surface area (Å²) in [6.07, 6.45) is 2.05. The van der Waals surface area contributed by atoms with Crippen molar-refractivity contribution in [3.8, 4) is 0 Å². The molecule has 1 atom stereocenters. The molecule has 3 heteroatoms. The van der Waals surface area contributed by atoms with Crippen molar-refractivity contribution in [1.82, 2.24) is 5.32 Å². The number of fused-ring (bicyclic) bond motifs is 1. The van der Waals surface area contributed by atoms with Crippen LogP contribution in [0.3, 0.4) is 0 Å². The lowest BCUT2D eigenvalue weighted by atomic mass is 9.97. The van der Waals surface area contributed by atoms with Crippen LogP contribution in [-0.2, 0) is 4.74 Å². The third kappa shape index (κ3) is 4.10. The number of rotatable bonds is 4. The van der Waals surface area contributed by atoms with Crippen LogP contribution in [-0.4, -0.2) is 11.7 Å². The van der Waals surface area contributed by atoms with Gasteiger partial charge in [-0.05, 0) is 43.5 Å². The van der Waals surface area contributed by atoms with Crippen molar-refractivity contribution in [2.45, 2.75) is 38.8 Å². The molecular weight excluding hydrogens is 274 g/mol. The summed E-state index contributed by atoms with van der Waals surface area (Å²) in [7, 11) is 0. The van der Waals surface area contributed by atoms with Gasteiger partial charge in [-0.3, -0.25) is 0 Å². The summed E-state index contributed by atoms with van der Waals surface area (Å²) in [5, 5.41) is 5.24. The minimum absolute atomic E-state index is 0.154. The molecule has 2 aromatic rings. The molecule has 116 valence electrons. The van der Waals surface area contributed by atoms with E-state index in [2.05, 4.69) is 30.1 Å². The molecule has 0 bridgehead atoms. The Labute approximate surface area is 132 Å². The summed E-state index contributed by atoms with van der Waals surface area (Å²) in [5.74, 6) is 0. The van der Waals surface area contributed by atoms with Gasteiger partial charge in [0.1, 0.15) is 5.60 Å². The van der Waals surface area contributed by atoms with Gasteiger partial charge in [0.25, 0.3) is 0 Å². The molecule has 0 heterocycles. The van der Waals surface area contributed by atoms with Gasteiger partial charge in [0.15, 0.2) is 0 Å². The molecule has 2 rings (SSSR count). The first kappa shape index (κ1) is 16.1. The molecule has 0 saturated heterocycles. The van der Waals surface area contributed by atoms with Gasteiger partial charge in [0.2, 0.25) is 0 Å². The first-order valence-corrected chi connectivity index (χ1v) is 7.49. The topological polar surface area (TPSA) is 38.3 Å². The van der Waals surface area contributed by atoms with Gasteiger partial charge < -0.3 is 10.1 Å². The van der Waals surface area contributed by atoms with Crippen molar-refractivity contribution in [3.05, 3.63) is 60.7 Å². The zero-order chi connectivity index (χ0) is 16.2. The van der Waals surface area contributed by atoms with E-state index in [0.29, 0.717) is 6.42 Å². The predicted octanol–water partition coefficient (Wildman–Crippen LogP) is 4.98. The number of carbonyl (C=O) groups is 1. The van der Waals surface area contributed by atoms with Crippen molar-refractivity contribution in [2.24, 2.45) is 0 Å². The van der Waals surface area contributed by atoms with Crippen molar-refractivity contribution >= 4 is 16.9 Å². The Hall–Kier alpha value is -2.29. The summed E-state index contributed by atoms with van der Waals surface area (Å²) in [4.78, 5) is 12.1. The van der Waals surface area contributed by atoms with Gasteiger partial charge in [0.05, 0.1) is 6.04 Å². The van der Waals surface area contributed by atoms with E-state index in [-0.39, 0.29) is 6.04 Å². The SMILES string of the molecule is C=CC[C@@H](NC(=O)OC(C)(C)C)c1cccc2ccccc12. The van der Waals surface area contributed by atoms with Gasteiger partial charge in [-0.1, -0.05) is 48.5 Å². The van der Waals surface area contributed by atoms with Gasteiger partial charge in [-0.15, -0.1) is 6.58 Å². The fourth-order valence-corrected chi connectivity index (χ4v) is 2.43.